The van der Waals surface area contributed by atoms with Crippen LogP contribution in [0.5, 0.6) is 0 Å². The molecule has 2 fully saturated rings. The van der Waals surface area contributed by atoms with E-state index in [1.165, 1.54) is 19.3 Å². The number of hydrogen-bond donors (Lipinski definition) is 1. The van der Waals surface area contributed by atoms with Crippen LogP contribution in [0, 0.1) is 11.8 Å². The zero-order valence-electron chi connectivity index (χ0n) is 9.33. The van der Waals surface area contributed by atoms with Crippen molar-refractivity contribution in [2.24, 2.45) is 11.8 Å². The molecule has 2 aliphatic rings. The maximum atomic E-state index is 9.11. The van der Waals surface area contributed by atoms with Crippen LogP contribution in [-0.4, -0.2) is 23.4 Å². The summed E-state index contributed by atoms with van der Waals surface area (Å²) in [6.07, 6.45) is 6.15. The molecule has 2 heteroatoms. The van der Waals surface area contributed by atoms with E-state index in [1.54, 1.807) is 0 Å². The van der Waals surface area contributed by atoms with Crippen LogP contribution in [0.3, 0.4) is 0 Å². The first kappa shape index (κ1) is 10.4. The molecule has 0 aromatic rings. The summed E-state index contributed by atoms with van der Waals surface area (Å²) >= 11 is 0. The highest BCUT2D eigenvalue weighted by Crippen LogP contribution is 2.47. The van der Waals surface area contributed by atoms with Gasteiger partial charge in [0.25, 0.3) is 0 Å². The van der Waals surface area contributed by atoms with Crippen molar-refractivity contribution in [2.75, 3.05) is 6.61 Å². The summed E-state index contributed by atoms with van der Waals surface area (Å²) < 4.78 is 6.07. The minimum atomic E-state index is 0.114. The molecule has 1 saturated heterocycles. The number of ether oxygens (including phenoxy) is 1. The predicted molar refractivity (Wildman–Crippen MR) is 56.1 cm³/mol. The monoisotopic (exact) mass is 198 g/mol. The van der Waals surface area contributed by atoms with E-state index in [2.05, 4.69) is 13.8 Å². The average molecular weight is 198 g/mol. The fraction of sp³-hybridized carbons (Fsp3) is 1.00. The summed E-state index contributed by atoms with van der Waals surface area (Å²) in [7, 11) is 0. The molecule has 4 atom stereocenters. The first-order valence-corrected chi connectivity index (χ1v) is 5.95. The second kappa shape index (κ2) is 3.82. The van der Waals surface area contributed by atoms with Crippen molar-refractivity contribution in [3.05, 3.63) is 0 Å². The third-order valence-corrected chi connectivity index (χ3v) is 4.18. The third-order valence-electron chi connectivity index (χ3n) is 4.18. The van der Waals surface area contributed by atoms with Gasteiger partial charge in [0, 0.05) is 0 Å². The summed E-state index contributed by atoms with van der Waals surface area (Å²) in [6, 6.07) is 0. The van der Waals surface area contributed by atoms with Gasteiger partial charge in [-0.25, -0.2) is 0 Å². The molecule has 1 heterocycles. The van der Waals surface area contributed by atoms with Gasteiger partial charge >= 0.3 is 0 Å². The molecule has 0 aromatic carbocycles. The van der Waals surface area contributed by atoms with Gasteiger partial charge in [-0.2, -0.15) is 0 Å². The molecule has 1 aliphatic heterocycles. The Bertz CT molecular complexity index is 204. The largest absolute Gasteiger partial charge is 0.394 e. The molecule has 0 bridgehead atoms. The molecule has 0 aromatic heterocycles. The molecule has 1 aliphatic carbocycles. The fourth-order valence-electron chi connectivity index (χ4n) is 3.19. The normalized spacial score (nSPS) is 48.6. The highest BCUT2D eigenvalue weighted by Gasteiger charge is 2.46. The van der Waals surface area contributed by atoms with Gasteiger partial charge in [-0.15, -0.1) is 0 Å². The van der Waals surface area contributed by atoms with Crippen LogP contribution in [0.4, 0.5) is 0 Å². The molecular formula is C12H22O2. The fourth-order valence-corrected chi connectivity index (χ4v) is 3.19. The van der Waals surface area contributed by atoms with E-state index in [0.29, 0.717) is 5.92 Å². The van der Waals surface area contributed by atoms with Crippen molar-refractivity contribution in [3.63, 3.8) is 0 Å². The standard InChI is InChI=1S/C12H22O2/c1-9-3-4-10(2)12(7-9)6-5-11(8-13)14-12/h9-11,13H,3-8H2,1-2H3/t9-,10+,11-,12-/m1/s1. The lowest BCUT2D eigenvalue weighted by molar-refractivity contribution is -0.116. The van der Waals surface area contributed by atoms with Crippen LogP contribution in [-0.2, 0) is 4.74 Å². The van der Waals surface area contributed by atoms with Crippen molar-refractivity contribution in [1.82, 2.24) is 0 Å². The summed E-state index contributed by atoms with van der Waals surface area (Å²) in [5.41, 5.74) is 0.116. The lowest BCUT2D eigenvalue weighted by atomic mass is 9.71. The summed E-state index contributed by atoms with van der Waals surface area (Å²) in [5, 5.41) is 9.11. The number of aliphatic hydroxyl groups excluding tert-OH is 1. The Morgan fingerprint density at radius 1 is 1.29 bits per heavy atom. The molecule has 1 N–H and O–H groups in total. The van der Waals surface area contributed by atoms with E-state index in [9.17, 15) is 0 Å². The van der Waals surface area contributed by atoms with Crippen molar-refractivity contribution >= 4 is 0 Å². The van der Waals surface area contributed by atoms with Crippen LogP contribution in [0.25, 0.3) is 0 Å². The zero-order chi connectivity index (χ0) is 10.2. The molecule has 0 unspecified atom stereocenters. The molecule has 0 amide bonds. The number of aliphatic hydroxyl groups is 1. The third kappa shape index (κ3) is 1.70. The summed E-state index contributed by atoms with van der Waals surface area (Å²) in [5.74, 6) is 1.47. The van der Waals surface area contributed by atoms with E-state index in [1.807, 2.05) is 0 Å². The van der Waals surface area contributed by atoms with Gasteiger partial charge in [0.15, 0.2) is 0 Å². The Balaban J connectivity index is 2.06. The van der Waals surface area contributed by atoms with Crippen LogP contribution in [0.1, 0.15) is 46.0 Å². The van der Waals surface area contributed by atoms with Gasteiger partial charge in [0.05, 0.1) is 18.3 Å². The highest BCUT2D eigenvalue weighted by molar-refractivity contribution is 4.96. The molecule has 0 radical (unpaired) electrons. The van der Waals surface area contributed by atoms with Crippen molar-refractivity contribution < 1.29 is 9.84 Å². The van der Waals surface area contributed by atoms with Crippen molar-refractivity contribution in [1.29, 1.82) is 0 Å². The smallest absolute Gasteiger partial charge is 0.0814 e. The topological polar surface area (TPSA) is 29.5 Å². The van der Waals surface area contributed by atoms with Gasteiger partial charge < -0.3 is 9.84 Å². The Hall–Kier alpha value is -0.0800. The second-order valence-electron chi connectivity index (χ2n) is 5.31. The Kier molecular flexibility index (Phi) is 2.85. The maximum Gasteiger partial charge on any atom is 0.0814 e. The van der Waals surface area contributed by atoms with E-state index < -0.39 is 0 Å². The lowest BCUT2D eigenvalue weighted by Crippen LogP contribution is -2.42. The van der Waals surface area contributed by atoms with E-state index >= 15 is 0 Å². The van der Waals surface area contributed by atoms with Crippen LogP contribution in [0.2, 0.25) is 0 Å². The van der Waals surface area contributed by atoms with Crippen LogP contribution < -0.4 is 0 Å². The maximum absolute atomic E-state index is 9.11. The highest BCUT2D eigenvalue weighted by atomic mass is 16.5. The number of rotatable bonds is 1. The SMILES string of the molecule is C[C@@H]1CC[C@H](C)[C@@]2(CC[C@H](CO)O2)C1. The Labute approximate surface area is 86.6 Å². The second-order valence-corrected chi connectivity index (χ2v) is 5.31. The summed E-state index contributed by atoms with van der Waals surface area (Å²) in [6.45, 7) is 4.83. The van der Waals surface area contributed by atoms with Gasteiger partial charge in [-0.05, 0) is 37.5 Å². The van der Waals surface area contributed by atoms with Crippen LogP contribution in [0.15, 0.2) is 0 Å². The van der Waals surface area contributed by atoms with Gasteiger partial charge in [0.1, 0.15) is 0 Å². The Morgan fingerprint density at radius 2 is 2.07 bits per heavy atom. The molecule has 2 rings (SSSR count). The van der Waals surface area contributed by atoms with E-state index in [-0.39, 0.29) is 18.3 Å². The van der Waals surface area contributed by atoms with Crippen LogP contribution >= 0.6 is 0 Å². The zero-order valence-corrected chi connectivity index (χ0v) is 9.33. The van der Waals surface area contributed by atoms with E-state index in [4.69, 9.17) is 9.84 Å². The minimum absolute atomic E-state index is 0.114. The molecule has 14 heavy (non-hydrogen) atoms. The lowest BCUT2D eigenvalue weighted by Gasteiger charge is -2.42. The first-order chi connectivity index (χ1) is 6.66. The van der Waals surface area contributed by atoms with Gasteiger partial charge in [-0.3, -0.25) is 0 Å². The van der Waals surface area contributed by atoms with Gasteiger partial charge in [0.2, 0.25) is 0 Å². The molecule has 2 nitrogen and oxygen atoms in total. The van der Waals surface area contributed by atoms with Gasteiger partial charge in [-0.1, -0.05) is 20.3 Å². The number of hydrogen-bond acceptors (Lipinski definition) is 2. The molecule has 1 spiro atoms. The molecule has 1 saturated carbocycles. The summed E-state index contributed by atoms with van der Waals surface area (Å²) in [4.78, 5) is 0. The minimum Gasteiger partial charge on any atom is -0.394 e. The molecule has 82 valence electrons. The van der Waals surface area contributed by atoms with Crippen molar-refractivity contribution in [2.45, 2.75) is 57.7 Å². The molecular weight excluding hydrogens is 176 g/mol. The Morgan fingerprint density at radius 3 is 2.71 bits per heavy atom. The average Bonchev–Trinajstić information content (AvgIpc) is 2.57. The first-order valence-electron chi connectivity index (χ1n) is 5.95. The van der Waals surface area contributed by atoms with Crippen molar-refractivity contribution in [3.8, 4) is 0 Å². The van der Waals surface area contributed by atoms with E-state index in [0.717, 1.165) is 18.8 Å². The quantitative estimate of drug-likeness (QED) is 0.701. The predicted octanol–water partition coefficient (Wildman–Crippen LogP) is 2.35.